The minimum absolute atomic E-state index is 0.690. The molecular formula is C16H19ClN2. The topological polar surface area (TPSA) is 29.3 Å². The number of nitrogens with zero attached hydrogens (tertiary/aromatic N) is 1. The van der Waals surface area contributed by atoms with Crippen molar-refractivity contribution in [2.75, 3.05) is 17.2 Å². The van der Waals surface area contributed by atoms with E-state index in [2.05, 4.69) is 43.0 Å². The van der Waals surface area contributed by atoms with Crippen LogP contribution in [0.4, 0.5) is 11.4 Å². The van der Waals surface area contributed by atoms with Gasteiger partial charge in [0.25, 0.3) is 0 Å². The Bertz CT molecular complexity index is 546. The van der Waals surface area contributed by atoms with Gasteiger partial charge >= 0.3 is 0 Å². The molecule has 0 bridgehead atoms. The smallest absolute Gasteiger partial charge is 0.0430 e. The van der Waals surface area contributed by atoms with E-state index in [0.29, 0.717) is 10.7 Å². The lowest BCUT2D eigenvalue weighted by atomic mass is 10.1. The normalized spacial score (nSPS) is 10.5. The number of nitrogen functional groups attached to an aromatic ring is 1. The van der Waals surface area contributed by atoms with Gasteiger partial charge in [-0.3, -0.25) is 0 Å². The molecule has 0 aromatic heterocycles. The maximum atomic E-state index is 6.05. The number of hydrogen-bond acceptors (Lipinski definition) is 2. The van der Waals surface area contributed by atoms with Gasteiger partial charge in [0.2, 0.25) is 0 Å². The molecule has 0 saturated carbocycles. The van der Waals surface area contributed by atoms with Crippen LogP contribution in [0, 0.1) is 6.92 Å². The summed E-state index contributed by atoms with van der Waals surface area (Å²) < 4.78 is 0. The highest BCUT2D eigenvalue weighted by Gasteiger charge is 2.06. The van der Waals surface area contributed by atoms with Crippen molar-refractivity contribution in [2.45, 2.75) is 20.4 Å². The summed E-state index contributed by atoms with van der Waals surface area (Å²) in [6.07, 6.45) is 0. The van der Waals surface area contributed by atoms with Crippen LogP contribution in [0.25, 0.3) is 0 Å². The number of hydrogen-bond donors (Lipinski definition) is 1. The molecule has 0 aliphatic rings. The highest BCUT2D eigenvalue weighted by Crippen LogP contribution is 2.22. The molecule has 0 heterocycles. The first-order valence-electron chi connectivity index (χ1n) is 6.45. The van der Waals surface area contributed by atoms with Crippen molar-refractivity contribution in [3.8, 4) is 0 Å². The maximum Gasteiger partial charge on any atom is 0.0430 e. The van der Waals surface area contributed by atoms with Crippen molar-refractivity contribution in [3.63, 3.8) is 0 Å². The summed E-state index contributed by atoms with van der Waals surface area (Å²) in [5, 5.41) is 0.690. The first-order valence-corrected chi connectivity index (χ1v) is 6.83. The fourth-order valence-corrected chi connectivity index (χ4v) is 2.46. The van der Waals surface area contributed by atoms with E-state index >= 15 is 0 Å². The number of anilines is 2. The molecule has 0 aliphatic carbocycles. The van der Waals surface area contributed by atoms with E-state index < -0.39 is 0 Å². The molecule has 0 radical (unpaired) electrons. The van der Waals surface area contributed by atoms with Crippen LogP contribution in [-0.4, -0.2) is 6.54 Å². The molecule has 100 valence electrons. The summed E-state index contributed by atoms with van der Waals surface area (Å²) in [6, 6.07) is 14.2. The average molecular weight is 275 g/mol. The largest absolute Gasteiger partial charge is 0.399 e. The Labute approximate surface area is 119 Å². The average Bonchev–Trinajstić information content (AvgIpc) is 2.34. The Kier molecular flexibility index (Phi) is 4.33. The summed E-state index contributed by atoms with van der Waals surface area (Å²) >= 11 is 6.05. The molecule has 3 heteroatoms. The van der Waals surface area contributed by atoms with Gasteiger partial charge in [-0.1, -0.05) is 23.7 Å². The first kappa shape index (κ1) is 13.8. The van der Waals surface area contributed by atoms with E-state index in [1.807, 2.05) is 12.1 Å². The molecule has 2 rings (SSSR count). The minimum Gasteiger partial charge on any atom is -0.399 e. The van der Waals surface area contributed by atoms with Gasteiger partial charge in [-0.2, -0.15) is 0 Å². The van der Waals surface area contributed by atoms with Gasteiger partial charge in [0.05, 0.1) is 0 Å². The molecule has 0 atom stereocenters. The standard InChI is InChI=1S/C16H19ClN2/c1-3-19(16-6-4-5-12(2)7-16)11-13-8-14(17)10-15(18)9-13/h4-10H,3,11,18H2,1-2H3. The summed E-state index contributed by atoms with van der Waals surface area (Å²) in [5.74, 6) is 0. The van der Waals surface area contributed by atoms with Gasteiger partial charge < -0.3 is 10.6 Å². The van der Waals surface area contributed by atoms with E-state index in [-0.39, 0.29) is 0 Å². The molecule has 2 N–H and O–H groups in total. The van der Waals surface area contributed by atoms with Crippen molar-refractivity contribution < 1.29 is 0 Å². The molecule has 0 amide bonds. The third kappa shape index (κ3) is 3.65. The zero-order valence-electron chi connectivity index (χ0n) is 11.4. The van der Waals surface area contributed by atoms with Gasteiger partial charge in [-0.05, 0) is 55.3 Å². The lowest BCUT2D eigenvalue weighted by Crippen LogP contribution is -2.22. The predicted octanol–water partition coefficient (Wildman–Crippen LogP) is 4.26. The Morgan fingerprint density at radius 3 is 2.58 bits per heavy atom. The second kappa shape index (κ2) is 5.98. The molecule has 2 aromatic rings. The molecule has 0 spiro atoms. The lowest BCUT2D eigenvalue weighted by molar-refractivity contribution is 0.831. The van der Waals surface area contributed by atoms with E-state index in [9.17, 15) is 0 Å². The summed E-state index contributed by atoms with van der Waals surface area (Å²) in [6.45, 7) is 6.01. The van der Waals surface area contributed by atoms with Gasteiger partial charge in [0.1, 0.15) is 0 Å². The van der Waals surface area contributed by atoms with Gasteiger partial charge in [-0.25, -0.2) is 0 Å². The predicted molar refractivity (Wildman–Crippen MR) is 83.8 cm³/mol. The van der Waals surface area contributed by atoms with Crippen molar-refractivity contribution in [1.29, 1.82) is 0 Å². The lowest BCUT2D eigenvalue weighted by Gasteiger charge is -2.24. The van der Waals surface area contributed by atoms with Crippen LogP contribution >= 0.6 is 11.6 Å². The molecule has 19 heavy (non-hydrogen) atoms. The van der Waals surface area contributed by atoms with Crippen molar-refractivity contribution in [3.05, 3.63) is 58.6 Å². The number of nitrogens with two attached hydrogens (primary N) is 1. The molecule has 2 aromatic carbocycles. The van der Waals surface area contributed by atoms with E-state index in [4.69, 9.17) is 17.3 Å². The molecule has 0 aliphatic heterocycles. The highest BCUT2D eigenvalue weighted by atomic mass is 35.5. The van der Waals surface area contributed by atoms with Gasteiger partial charge in [-0.15, -0.1) is 0 Å². The summed E-state index contributed by atoms with van der Waals surface area (Å²) in [4.78, 5) is 2.30. The van der Waals surface area contributed by atoms with Crippen LogP contribution in [0.15, 0.2) is 42.5 Å². The van der Waals surface area contributed by atoms with Gasteiger partial charge in [0, 0.05) is 29.5 Å². The van der Waals surface area contributed by atoms with Crippen LogP contribution in [0.5, 0.6) is 0 Å². The second-order valence-corrected chi connectivity index (χ2v) is 5.18. The first-order chi connectivity index (χ1) is 9.08. The Hall–Kier alpha value is -1.67. The van der Waals surface area contributed by atoms with Crippen LogP contribution in [-0.2, 0) is 6.54 Å². The Morgan fingerprint density at radius 1 is 1.16 bits per heavy atom. The molecule has 2 nitrogen and oxygen atoms in total. The minimum atomic E-state index is 0.690. The number of benzene rings is 2. The monoisotopic (exact) mass is 274 g/mol. The van der Waals surface area contributed by atoms with Crippen LogP contribution < -0.4 is 10.6 Å². The fourth-order valence-electron chi connectivity index (χ4n) is 2.20. The van der Waals surface area contributed by atoms with Crippen LogP contribution in [0.3, 0.4) is 0 Å². The third-order valence-electron chi connectivity index (χ3n) is 3.10. The fraction of sp³-hybridized carbons (Fsp3) is 0.250. The summed E-state index contributed by atoms with van der Waals surface area (Å²) in [5.41, 5.74) is 10.2. The highest BCUT2D eigenvalue weighted by molar-refractivity contribution is 6.30. The molecule has 0 saturated heterocycles. The zero-order chi connectivity index (χ0) is 13.8. The van der Waals surface area contributed by atoms with E-state index in [1.54, 1.807) is 6.07 Å². The molecule has 0 fully saturated rings. The molecular weight excluding hydrogens is 256 g/mol. The SMILES string of the molecule is CCN(Cc1cc(N)cc(Cl)c1)c1cccc(C)c1. The Balaban J connectivity index is 2.23. The summed E-state index contributed by atoms with van der Waals surface area (Å²) in [7, 11) is 0. The van der Waals surface area contributed by atoms with Crippen molar-refractivity contribution in [2.24, 2.45) is 0 Å². The second-order valence-electron chi connectivity index (χ2n) is 4.75. The Morgan fingerprint density at radius 2 is 1.95 bits per heavy atom. The van der Waals surface area contributed by atoms with Crippen molar-refractivity contribution in [1.82, 2.24) is 0 Å². The number of aryl methyl sites for hydroxylation is 1. The molecule has 0 unspecified atom stereocenters. The maximum absolute atomic E-state index is 6.05. The van der Waals surface area contributed by atoms with Gasteiger partial charge in [0.15, 0.2) is 0 Å². The quantitative estimate of drug-likeness (QED) is 0.844. The van der Waals surface area contributed by atoms with E-state index in [1.165, 1.54) is 11.3 Å². The third-order valence-corrected chi connectivity index (χ3v) is 3.32. The van der Waals surface area contributed by atoms with Crippen LogP contribution in [0.2, 0.25) is 5.02 Å². The van der Waals surface area contributed by atoms with Crippen molar-refractivity contribution >= 4 is 23.0 Å². The van der Waals surface area contributed by atoms with E-state index in [0.717, 1.165) is 18.7 Å². The number of rotatable bonds is 4. The number of halogens is 1. The van der Waals surface area contributed by atoms with Crippen LogP contribution in [0.1, 0.15) is 18.1 Å². The zero-order valence-corrected chi connectivity index (χ0v) is 12.1.